The van der Waals surface area contributed by atoms with Gasteiger partial charge in [-0.2, -0.15) is 0 Å². The zero-order valence-electron chi connectivity index (χ0n) is 15.0. The van der Waals surface area contributed by atoms with Crippen molar-refractivity contribution in [1.29, 1.82) is 0 Å². The number of amides is 2. The van der Waals surface area contributed by atoms with Crippen molar-refractivity contribution in [3.8, 4) is 0 Å². The summed E-state index contributed by atoms with van der Waals surface area (Å²) in [6.45, 7) is 0.835. The average molecular weight is 405 g/mol. The molecule has 0 spiro atoms. The molecular formula is C18H19N3O6S. The summed E-state index contributed by atoms with van der Waals surface area (Å²) in [4.78, 5) is 35.3. The van der Waals surface area contributed by atoms with E-state index in [1.54, 1.807) is 18.2 Å². The fourth-order valence-corrected chi connectivity index (χ4v) is 2.75. The molecule has 2 aromatic carbocycles. The average Bonchev–Trinajstić information content (AvgIpc) is 2.64. The third-order valence-electron chi connectivity index (χ3n) is 3.48. The zero-order chi connectivity index (χ0) is 20.7. The van der Waals surface area contributed by atoms with Gasteiger partial charge in [0.15, 0.2) is 6.61 Å². The van der Waals surface area contributed by atoms with Crippen LogP contribution in [-0.2, 0) is 24.3 Å². The van der Waals surface area contributed by atoms with Gasteiger partial charge in [0.25, 0.3) is 11.8 Å². The molecule has 2 aromatic rings. The Kier molecular flexibility index (Phi) is 6.85. The summed E-state index contributed by atoms with van der Waals surface area (Å²) in [6.07, 6.45) is 0. The summed E-state index contributed by atoms with van der Waals surface area (Å²) < 4.78 is 27.4. The van der Waals surface area contributed by atoms with E-state index in [9.17, 15) is 22.8 Å². The van der Waals surface area contributed by atoms with Gasteiger partial charge < -0.3 is 15.4 Å². The van der Waals surface area contributed by atoms with Crippen LogP contribution in [0.2, 0.25) is 0 Å². The molecule has 0 aromatic heterocycles. The topological polar surface area (TPSA) is 145 Å². The first-order valence-corrected chi connectivity index (χ1v) is 9.63. The first-order chi connectivity index (χ1) is 13.1. The minimum atomic E-state index is -3.90. The minimum Gasteiger partial charge on any atom is -0.454 e. The number of sulfonamides is 1. The van der Waals surface area contributed by atoms with Gasteiger partial charge >= 0.3 is 5.97 Å². The molecule has 0 heterocycles. The number of anilines is 1. The van der Waals surface area contributed by atoms with Gasteiger partial charge in [0.1, 0.15) is 6.54 Å². The maximum atomic E-state index is 11.9. The second-order valence-corrected chi connectivity index (χ2v) is 7.40. The number of nitrogens with two attached hydrogens (primary N) is 1. The molecule has 9 nitrogen and oxygen atoms in total. The Morgan fingerprint density at radius 3 is 2.46 bits per heavy atom. The maximum Gasteiger partial charge on any atom is 0.325 e. The molecular weight excluding hydrogens is 386 g/mol. The highest BCUT2D eigenvalue weighted by molar-refractivity contribution is 7.89. The van der Waals surface area contributed by atoms with E-state index in [-0.39, 0.29) is 10.6 Å². The fraction of sp³-hybridized carbons (Fsp3) is 0.167. The summed E-state index contributed by atoms with van der Waals surface area (Å²) in [5.74, 6) is -1.91. The van der Waals surface area contributed by atoms with Crippen LogP contribution in [0.1, 0.15) is 15.9 Å². The number of primary sulfonamides is 1. The van der Waals surface area contributed by atoms with Crippen LogP contribution in [0.25, 0.3) is 0 Å². The van der Waals surface area contributed by atoms with Crippen LogP contribution in [0.5, 0.6) is 0 Å². The van der Waals surface area contributed by atoms with Crippen LogP contribution in [0, 0.1) is 6.92 Å². The Balaban J connectivity index is 1.79. The standard InChI is InChI=1S/C18H19N3O6S/c1-12-4-2-5-13(8-12)18(24)20-10-17(23)27-11-16(22)21-14-6-3-7-15(9-14)28(19,25)26/h2-9H,10-11H2,1H3,(H,20,24)(H,21,22)(H2,19,25,26). The van der Waals surface area contributed by atoms with Crippen molar-refractivity contribution in [2.45, 2.75) is 11.8 Å². The molecule has 28 heavy (non-hydrogen) atoms. The number of ether oxygens (including phenoxy) is 1. The molecule has 2 rings (SSSR count). The van der Waals surface area contributed by atoms with Crippen LogP contribution < -0.4 is 15.8 Å². The lowest BCUT2D eigenvalue weighted by atomic mass is 10.1. The Morgan fingerprint density at radius 1 is 1.07 bits per heavy atom. The molecule has 0 saturated carbocycles. The summed E-state index contributed by atoms with van der Waals surface area (Å²) in [5, 5.41) is 9.80. The second kappa shape index (κ2) is 9.11. The van der Waals surface area contributed by atoms with E-state index in [0.717, 1.165) is 5.56 Å². The Labute approximate surface area is 161 Å². The zero-order valence-corrected chi connectivity index (χ0v) is 15.8. The van der Waals surface area contributed by atoms with E-state index < -0.39 is 41.0 Å². The molecule has 0 aliphatic heterocycles. The predicted octanol–water partition coefficient (Wildman–Crippen LogP) is 0.554. The number of hydrogen-bond acceptors (Lipinski definition) is 6. The first kappa shape index (κ1) is 21.1. The SMILES string of the molecule is Cc1cccc(C(=O)NCC(=O)OCC(=O)Nc2cccc(S(N)(=O)=O)c2)c1. The molecule has 0 bridgehead atoms. The van der Waals surface area contributed by atoms with Gasteiger partial charge in [0, 0.05) is 11.3 Å². The number of benzene rings is 2. The molecule has 10 heteroatoms. The molecule has 4 N–H and O–H groups in total. The lowest BCUT2D eigenvalue weighted by Gasteiger charge is -2.08. The highest BCUT2D eigenvalue weighted by atomic mass is 32.2. The third-order valence-corrected chi connectivity index (χ3v) is 4.40. The number of carbonyl (C=O) groups excluding carboxylic acids is 3. The summed E-state index contributed by atoms with van der Waals surface area (Å²) in [5.41, 5.74) is 1.49. The first-order valence-electron chi connectivity index (χ1n) is 8.08. The van der Waals surface area contributed by atoms with Gasteiger partial charge in [-0.25, -0.2) is 13.6 Å². The van der Waals surface area contributed by atoms with Crippen molar-refractivity contribution in [3.05, 3.63) is 59.7 Å². The molecule has 0 saturated heterocycles. The molecule has 0 aliphatic carbocycles. The van der Waals surface area contributed by atoms with Gasteiger partial charge in [-0.05, 0) is 37.3 Å². The number of nitrogens with one attached hydrogen (secondary N) is 2. The second-order valence-electron chi connectivity index (χ2n) is 5.83. The molecule has 0 atom stereocenters. The largest absolute Gasteiger partial charge is 0.454 e. The number of carbonyl (C=O) groups is 3. The smallest absolute Gasteiger partial charge is 0.325 e. The molecule has 2 amide bonds. The number of esters is 1. The number of rotatable bonds is 7. The monoisotopic (exact) mass is 405 g/mol. The van der Waals surface area contributed by atoms with E-state index in [2.05, 4.69) is 10.6 Å². The van der Waals surface area contributed by atoms with Crippen LogP contribution in [0.4, 0.5) is 5.69 Å². The lowest BCUT2D eigenvalue weighted by molar-refractivity contribution is -0.146. The Morgan fingerprint density at radius 2 is 1.79 bits per heavy atom. The van der Waals surface area contributed by atoms with E-state index >= 15 is 0 Å². The Bertz CT molecular complexity index is 1000. The van der Waals surface area contributed by atoms with Gasteiger partial charge in [0.05, 0.1) is 4.90 Å². The molecule has 0 aliphatic rings. The van der Waals surface area contributed by atoms with Crippen molar-refractivity contribution >= 4 is 33.5 Å². The fourth-order valence-electron chi connectivity index (χ4n) is 2.19. The number of aryl methyl sites for hydroxylation is 1. The van der Waals surface area contributed by atoms with Gasteiger partial charge in [-0.1, -0.05) is 23.8 Å². The van der Waals surface area contributed by atoms with Crippen molar-refractivity contribution in [2.24, 2.45) is 5.14 Å². The Hall–Kier alpha value is -3.24. The molecule has 0 unspecified atom stereocenters. The maximum absolute atomic E-state index is 11.9. The summed E-state index contributed by atoms with van der Waals surface area (Å²) in [7, 11) is -3.90. The van der Waals surface area contributed by atoms with Crippen LogP contribution in [0.3, 0.4) is 0 Å². The van der Waals surface area contributed by atoms with E-state index in [1.807, 2.05) is 13.0 Å². The van der Waals surface area contributed by atoms with Crippen LogP contribution in [-0.4, -0.2) is 39.4 Å². The van der Waals surface area contributed by atoms with Crippen molar-refractivity contribution in [2.75, 3.05) is 18.5 Å². The lowest BCUT2D eigenvalue weighted by Crippen LogP contribution is -2.32. The predicted molar refractivity (Wildman–Crippen MR) is 101 cm³/mol. The normalized spacial score (nSPS) is 10.8. The van der Waals surface area contributed by atoms with E-state index in [0.29, 0.717) is 5.56 Å². The van der Waals surface area contributed by atoms with Crippen molar-refractivity contribution < 1.29 is 27.5 Å². The minimum absolute atomic E-state index is 0.166. The van der Waals surface area contributed by atoms with Gasteiger partial charge in [-0.3, -0.25) is 14.4 Å². The van der Waals surface area contributed by atoms with Crippen molar-refractivity contribution in [1.82, 2.24) is 5.32 Å². The highest BCUT2D eigenvalue weighted by Crippen LogP contribution is 2.13. The van der Waals surface area contributed by atoms with Gasteiger partial charge in [-0.15, -0.1) is 0 Å². The highest BCUT2D eigenvalue weighted by Gasteiger charge is 2.12. The summed E-state index contributed by atoms with van der Waals surface area (Å²) in [6, 6.07) is 12.2. The van der Waals surface area contributed by atoms with E-state index in [4.69, 9.17) is 9.88 Å². The quantitative estimate of drug-likeness (QED) is 0.574. The third kappa shape index (κ3) is 6.49. The van der Waals surface area contributed by atoms with Crippen LogP contribution in [0.15, 0.2) is 53.4 Å². The van der Waals surface area contributed by atoms with Gasteiger partial charge in [0.2, 0.25) is 10.0 Å². The van der Waals surface area contributed by atoms with Crippen LogP contribution >= 0.6 is 0 Å². The number of hydrogen-bond donors (Lipinski definition) is 3. The molecule has 0 fully saturated rings. The van der Waals surface area contributed by atoms with E-state index in [1.165, 1.54) is 24.3 Å². The molecule has 0 radical (unpaired) electrons. The molecule has 148 valence electrons. The van der Waals surface area contributed by atoms with Crippen molar-refractivity contribution in [3.63, 3.8) is 0 Å². The summed E-state index contributed by atoms with van der Waals surface area (Å²) >= 11 is 0.